The largest absolute Gasteiger partial charge is 0.399 e. The van der Waals surface area contributed by atoms with E-state index in [-0.39, 0.29) is 11.2 Å². The van der Waals surface area contributed by atoms with Gasteiger partial charge in [0.15, 0.2) is 9.84 Å². The summed E-state index contributed by atoms with van der Waals surface area (Å²) in [5, 5.41) is 3.31. The van der Waals surface area contributed by atoms with Crippen LogP contribution in [0.4, 0.5) is 11.4 Å². The van der Waals surface area contributed by atoms with E-state index in [1.54, 1.807) is 18.2 Å². The summed E-state index contributed by atoms with van der Waals surface area (Å²) in [5.74, 6) is 0.253. The van der Waals surface area contributed by atoms with Crippen LogP contribution in [0, 0.1) is 5.41 Å². The number of hydrogen-bond donors (Lipinski definition) is 2. The van der Waals surface area contributed by atoms with Crippen molar-refractivity contribution in [2.45, 2.75) is 30.6 Å². The van der Waals surface area contributed by atoms with E-state index >= 15 is 0 Å². The topological polar surface area (TPSA) is 72.2 Å². The van der Waals surface area contributed by atoms with Crippen LogP contribution in [0.15, 0.2) is 23.1 Å². The van der Waals surface area contributed by atoms with E-state index in [4.69, 9.17) is 5.73 Å². The van der Waals surface area contributed by atoms with Crippen molar-refractivity contribution in [2.24, 2.45) is 5.41 Å². The van der Waals surface area contributed by atoms with Gasteiger partial charge in [0.25, 0.3) is 0 Å². The molecule has 2 aliphatic rings. The lowest BCUT2D eigenvalue weighted by atomic mass is 9.88. The first kappa shape index (κ1) is 11.8. The molecule has 0 amide bonds. The van der Waals surface area contributed by atoms with E-state index in [0.29, 0.717) is 16.3 Å². The maximum absolute atomic E-state index is 12.5. The van der Waals surface area contributed by atoms with Crippen LogP contribution >= 0.6 is 0 Å². The van der Waals surface area contributed by atoms with E-state index in [1.807, 2.05) is 0 Å². The fourth-order valence-corrected chi connectivity index (χ4v) is 5.35. The molecule has 0 bridgehead atoms. The Kier molecular flexibility index (Phi) is 2.55. The Balaban J connectivity index is 2.08. The standard InChI is InChI=1S/C13H18N2O2S/c14-10-3-4-11-12(7-10)18(16,17)9-13(8-15-11)5-1-2-6-13/h3-4,7,15H,1-2,5-6,8-9,14H2. The second-order valence-electron chi connectivity index (χ2n) is 5.58. The molecule has 1 heterocycles. The van der Waals surface area contributed by atoms with Crippen LogP contribution in [0.5, 0.6) is 0 Å². The average Bonchev–Trinajstić information content (AvgIpc) is 2.71. The SMILES string of the molecule is Nc1ccc2c(c1)S(=O)(=O)CC1(CCCC1)CN2. The first-order chi connectivity index (χ1) is 8.51. The van der Waals surface area contributed by atoms with Crippen LogP contribution < -0.4 is 11.1 Å². The smallest absolute Gasteiger partial charge is 0.181 e. The van der Waals surface area contributed by atoms with Gasteiger partial charge in [0.05, 0.1) is 16.3 Å². The molecule has 0 aromatic heterocycles. The van der Waals surface area contributed by atoms with Crippen LogP contribution in [-0.2, 0) is 9.84 Å². The summed E-state index contributed by atoms with van der Waals surface area (Å²) in [6, 6.07) is 5.09. The summed E-state index contributed by atoms with van der Waals surface area (Å²) in [4.78, 5) is 0.367. The molecule has 1 aromatic rings. The molecule has 0 saturated heterocycles. The van der Waals surface area contributed by atoms with E-state index in [2.05, 4.69) is 5.32 Å². The van der Waals surface area contributed by atoms with Crippen molar-refractivity contribution in [3.63, 3.8) is 0 Å². The minimum atomic E-state index is -3.24. The Morgan fingerprint density at radius 3 is 2.67 bits per heavy atom. The quantitative estimate of drug-likeness (QED) is 0.705. The number of nitrogens with one attached hydrogen (secondary N) is 1. The molecule has 4 nitrogen and oxygen atoms in total. The van der Waals surface area contributed by atoms with Gasteiger partial charge in [0.2, 0.25) is 0 Å². The zero-order chi connectivity index (χ0) is 12.8. The van der Waals surface area contributed by atoms with Crippen molar-refractivity contribution < 1.29 is 8.42 Å². The van der Waals surface area contributed by atoms with E-state index in [0.717, 1.165) is 32.2 Å². The lowest BCUT2D eigenvalue weighted by molar-refractivity contribution is 0.365. The molecule has 3 rings (SSSR count). The van der Waals surface area contributed by atoms with E-state index in [1.165, 1.54) is 0 Å². The van der Waals surface area contributed by atoms with Crippen LogP contribution in [0.25, 0.3) is 0 Å². The number of hydrogen-bond acceptors (Lipinski definition) is 4. The molecule has 0 unspecified atom stereocenters. The summed E-state index contributed by atoms with van der Waals surface area (Å²) in [5.41, 5.74) is 6.83. The van der Waals surface area contributed by atoms with Crippen molar-refractivity contribution in [2.75, 3.05) is 23.3 Å². The fraction of sp³-hybridized carbons (Fsp3) is 0.538. The number of nitrogen functional groups attached to an aromatic ring is 1. The first-order valence-electron chi connectivity index (χ1n) is 6.37. The van der Waals surface area contributed by atoms with Crippen LogP contribution in [0.2, 0.25) is 0 Å². The van der Waals surface area contributed by atoms with Crippen LogP contribution in [-0.4, -0.2) is 20.7 Å². The van der Waals surface area contributed by atoms with Gasteiger partial charge in [0, 0.05) is 17.6 Å². The molecule has 1 saturated carbocycles. The minimum Gasteiger partial charge on any atom is -0.399 e. The van der Waals surface area contributed by atoms with Gasteiger partial charge in [-0.2, -0.15) is 0 Å². The molecule has 1 aromatic carbocycles. The highest BCUT2D eigenvalue weighted by Crippen LogP contribution is 2.43. The molecule has 0 radical (unpaired) electrons. The molecule has 1 spiro atoms. The molecule has 1 fully saturated rings. The Morgan fingerprint density at radius 1 is 1.22 bits per heavy atom. The molecule has 1 aliphatic heterocycles. The van der Waals surface area contributed by atoms with Crippen LogP contribution in [0.3, 0.4) is 0 Å². The summed E-state index contributed by atoms with van der Waals surface area (Å²) < 4.78 is 25.0. The molecule has 0 atom stereocenters. The van der Waals surface area contributed by atoms with Crippen molar-refractivity contribution in [1.82, 2.24) is 0 Å². The highest BCUT2D eigenvalue weighted by molar-refractivity contribution is 7.91. The van der Waals surface area contributed by atoms with Gasteiger partial charge < -0.3 is 11.1 Å². The number of sulfone groups is 1. The van der Waals surface area contributed by atoms with Gasteiger partial charge in [-0.3, -0.25) is 0 Å². The zero-order valence-electron chi connectivity index (χ0n) is 10.3. The maximum Gasteiger partial charge on any atom is 0.181 e. The molecular weight excluding hydrogens is 248 g/mol. The lowest BCUT2D eigenvalue weighted by Gasteiger charge is -2.26. The third-order valence-electron chi connectivity index (χ3n) is 4.15. The molecular formula is C13H18N2O2S. The zero-order valence-corrected chi connectivity index (χ0v) is 11.1. The Bertz CT molecular complexity index is 575. The van der Waals surface area contributed by atoms with Crippen LogP contribution in [0.1, 0.15) is 25.7 Å². The lowest BCUT2D eigenvalue weighted by Crippen LogP contribution is -2.31. The number of anilines is 2. The van der Waals surface area contributed by atoms with Gasteiger partial charge >= 0.3 is 0 Å². The second kappa shape index (κ2) is 3.88. The monoisotopic (exact) mass is 266 g/mol. The first-order valence-corrected chi connectivity index (χ1v) is 8.02. The second-order valence-corrected chi connectivity index (χ2v) is 7.53. The maximum atomic E-state index is 12.5. The number of benzene rings is 1. The number of rotatable bonds is 0. The Hall–Kier alpha value is -1.23. The molecule has 1 aliphatic carbocycles. The highest BCUT2D eigenvalue weighted by atomic mass is 32.2. The summed E-state index contributed by atoms with van der Waals surface area (Å²) >= 11 is 0. The Labute approximate surface area is 107 Å². The average molecular weight is 266 g/mol. The third-order valence-corrected chi connectivity index (χ3v) is 6.16. The molecule has 18 heavy (non-hydrogen) atoms. The summed E-state index contributed by atoms with van der Waals surface area (Å²) in [7, 11) is -3.24. The van der Waals surface area contributed by atoms with E-state index in [9.17, 15) is 8.42 Å². The van der Waals surface area contributed by atoms with E-state index < -0.39 is 9.84 Å². The Morgan fingerprint density at radius 2 is 1.94 bits per heavy atom. The summed E-state index contributed by atoms with van der Waals surface area (Å²) in [6.07, 6.45) is 4.27. The van der Waals surface area contributed by atoms with Crippen molar-refractivity contribution >= 4 is 21.2 Å². The molecule has 98 valence electrons. The van der Waals surface area contributed by atoms with Crippen molar-refractivity contribution in [3.05, 3.63) is 18.2 Å². The summed E-state index contributed by atoms with van der Waals surface area (Å²) in [6.45, 7) is 0.753. The van der Waals surface area contributed by atoms with Crippen molar-refractivity contribution in [3.8, 4) is 0 Å². The minimum absolute atomic E-state index is 0.0768. The van der Waals surface area contributed by atoms with Gasteiger partial charge in [-0.05, 0) is 31.0 Å². The fourth-order valence-electron chi connectivity index (χ4n) is 3.20. The third kappa shape index (κ3) is 1.86. The highest BCUT2D eigenvalue weighted by Gasteiger charge is 2.41. The number of nitrogens with two attached hydrogens (primary N) is 1. The van der Waals surface area contributed by atoms with Gasteiger partial charge in [0.1, 0.15) is 0 Å². The molecule has 3 N–H and O–H groups in total. The van der Waals surface area contributed by atoms with Gasteiger partial charge in [-0.25, -0.2) is 8.42 Å². The molecule has 5 heteroatoms. The normalized spacial score (nSPS) is 24.2. The van der Waals surface area contributed by atoms with Gasteiger partial charge in [-0.1, -0.05) is 12.8 Å². The van der Waals surface area contributed by atoms with Gasteiger partial charge in [-0.15, -0.1) is 0 Å². The predicted octanol–water partition coefficient (Wildman–Crippen LogP) is 2.03. The predicted molar refractivity (Wildman–Crippen MR) is 72.3 cm³/mol. The number of fused-ring (bicyclic) bond motifs is 1. The van der Waals surface area contributed by atoms with Crippen molar-refractivity contribution in [1.29, 1.82) is 0 Å².